The number of hydrogen-bond donors (Lipinski definition) is 2. The highest BCUT2D eigenvalue weighted by Crippen LogP contribution is 2.37. The second kappa shape index (κ2) is 8.28. The smallest absolute Gasteiger partial charge is 0.337 e. The van der Waals surface area contributed by atoms with E-state index in [1.807, 2.05) is 0 Å². The number of aromatic carboxylic acids is 1. The summed E-state index contributed by atoms with van der Waals surface area (Å²) in [6.07, 6.45) is 4.37. The maximum absolute atomic E-state index is 11.5. The second-order valence-corrected chi connectivity index (χ2v) is 8.79. The van der Waals surface area contributed by atoms with Gasteiger partial charge in [-0.05, 0) is 72.5 Å². The predicted octanol–water partition coefficient (Wildman–Crippen LogP) is 4.56. The quantitative estimate of drug-likeness (QED) is 0.600. The van der Waals surface area contributed by atoms with Crippen LogP contribution in [0.3, 0.4) is 0 Å². The van der Waals surface area contributed by atoms with Gasteiger partial charge < -0.3 is 15.3 Å². The molecule has 0 spiro atoms. The molecule has 0 aliphatic carbocycles. The van der Waals surface area contributed by atoms with E-state index in [2.05, 4.69) is 70.5 Å². The van der Waals surface area contributed by atoms with Gasteiger partial charge >= 0.3 is 5.97 Å². The third-order valence-electron chi connectivity index (χ3n) is 6.73. The molecule has 6 nitrogen and oxygen atoms in total. The van der Waals surface area contributed by atoms with Gasteiger partial charge in [0.2, 0.25) is 0 Å². The number of aromatic nitrogens is 1. The van der Waals surface area contributed by atoms with Crippen LogP contribution < -0.4 is 10.2 Å². The number of carbonyl (C=O) groups is 1. The molecule has 2 aliphatic rings. The van der Waals surface area contributed by atoms with Crippen LogP contribution in [-0.4, -0.2) is 47.6 Å². The molecular weight excluding hydrogens is 400 g/mol. The Labute approximate surface area is 188 Å². The first-order valence-corrected chi connectivity index (χ1v) is 11.1. The number of likely N-dealkylation sites (N-methyl/N-ethyl adjacent to an activating group) is 1. The Balaban J connectivity index is 1.36. The van der Waals surface area contributed by atoms with E-state index in [4.69, 9.17) is 0 Å². The lowest BCUT2D eigenvalue weighted by atomic mass is 9.95. The summed E-state index contributed by atoms with van der Waals surface area (Å²) in [5.41, 5.74) is 8.57. The van der Waals surface area contributed by atoms with Gasteiger partial charge in [-0.2, -0.15) is 0 Å². The molecule has 1 atom stereocenters. The monoisotopic (exact) mass is 428 g/mol. The number of carboxylic acid groups (broad SMARTS) is 1. The minimum absolute atomic E-state index is 0.177. The molecule has 0 bridgehead atoms. The van der Waals surface area contributed by atoms with E-state index in [1.54, 1.807) is 6.20 Å². The molecule has 1 aromatic heterocycles. The Morgan fingerprint density at radius 2 is 2.03 bits per heavy atom. The summed E-state index contributed by atoms with van der Waals surface area (Å²) in [7, 11) is 2.11. The van der Waals surface area contributed by atoms with Crippen LogP contribution in [0.15, 0.2) is 54.9 Å². The summed E-state index contributed by atoms with van der Waals surface area (Å²) >= 11 is 0. The van der Waals surface area contributed by atoms with Crippen molar-refractivity contribution in [3.05, 3.63) is 77.1 Å². The Morgan fingerprint density at radius 3 is 2.75 bits per heavy atom. The van der Waals surface area contributed by atoms with E-state index in [1.165, 1.54) is 52.2 Å². The van der Waals surface area contributed by atoms with Crippen molar-refractivity contribution in [1.29, 1.82) is 0 Å². The van der Waals surface area contributed by atoms with Gasteiger partial charge in [0.25, 0.3) is 0 Å². The lowest BCUT2D eigenvalue weighted by Crippen LogP contribution is -2.36. The van der Waals surface area contributed by atoms with Crippen LogP contribution >= 0.6 is 0 Å². The molecule has 164 valence electrons. The largest absolute Gasteiger partial charge is 0.478 e. The normalized spacial score (nSPS) is 17.7. The summed E-state index contributed by atoms with van der Waals surface area (Å²) in [5, 5.41) is 12.7. The van der Waals surface area contributed by atoms with Crippen molar-refractivity contribution < 1.29 is 9.90 Å². The number of benzene rings is 2. The van der Waals surface area contributed by atoms with E-state index in [0.717, 1.165) is 19.6 Å². The number of hydrogen-bond acceptors (Lipinski definition) is 5. The number of carboxylic acids is 1. The highest BCUT2D eigenvalue weighted by molar-refractivity contribution is 5.93. The highest BCUT2D eigenvalue weighted by atomic mass is 16.4. The number of anilines is 2. The third-order valence-corrected chi connectivity index (χ3v) is 6.73. The number of nitrogens with zero attached hydrogens (tertiary/aromatic N) is 3. The Morgan fingerprint density at radius 1 is 1.19 bits per heavy atom. The van der Waals surface area contributed by atoms with E-state index >= 15 is 0 Å². The zero-order valence-corrected chi connectivity index (χ0v) is 18.5. The third kappa shape index (κ3) is 3.71. The number of pyridine rings is 1. The fourth-order valence-electron chi connectivity index (χ4n) is 4.79. The molecule has 5 rings (SSSR count). The van der Waals surface area contributed by atoms with Crippen molar-refractivity contribution in [2.24, 2.45) is 0 Å². The van der Waals surface area contributed by atoms with Gasteiger partial charge in [-0.1, -0.05) is 18.2 Å². The maximum Gasteiger partial charge on any atom is 0.337 e. The lowest BCUT2D eigenvalue weighted by Gasteiger charge is -2.33. The van der Waals surface area contributed by atoms with Crippen molar-refractivity contribution in [2.45, 2.75) is 25.9 Å². The van der Waals surface area contributed by atoms with Gasteiger partial charge in [0.05, 0.1) is 23.5 Å². The first-order valence-electron chi connectivity index (χ1n) is 11.1. The molecule has 1 fully saturated rings. The van der Waals surface area contributed by atoms with Crippen LogP contribution in [0.25, 0.3) is 11.1 Å². The van der Waals surface area contributed by atoms with Crippen molar-refractivity contribution >= 4 is 17.3 Å². The van der Waals surface area contributed by atoms with Crippen molar-refractivity contribution in [2.75, 3.05) is 36.9 Å². The number of nitrogens with one attached hydrogen (secondary N) is 1. The summed E-state index contributed by atoms with van der Waals surface area (Å²) in [6, 6.07) is 15.2. The van der Waals surface area contributed by atoms with Crippen LogP contribution in [-0.2, 0) is 6.54 Å². The summed E-state index contributed by atoms with van der Waals surface area (Å²) in [5.74, 6) is -0.949. The van der Waals surface area contributed by atoms with Gasteiger partial charge in [-0.15, -0.1) is 0 Å². The fraction of sp³-hybridized carbons (Fsp3) is 0.308. The van der Waals surface area contributed by atoms with Gasteiger partial charge in [0.15, 0.2) is 0 Å². The molecule has 0 radical (unpaired) electrons. The minimum atomic E-state index is -0.949. The van der Waals surface area contributed by atoms with Gasteiger partial charge in [-0.25, -0.2) is 4.79 Å². The number of aryl methyl sites for hydroxylation is 1. The topological polar surface area (TPSA) is 68.7 Å². The van der Waals surface area contributed by atoms with Crippen LogP contribution in [0.2, 0.25) is 0 Å². The predicted molar refractivity (Wildman–Crippen MR) is 127 cm³/mol. The molecule has 2 aliphatic heterocycles. The Bertz CT molecular complexity index is 1170. The van der Waals surface area contributed by atoms with Crippen molar-refractivity contribution in [3.8, 4) is 11.1 Å². The van der Waals surface area contributed by atoms with Crippen LogP contribution in [0.5, 0.6) is 0 Å². The first-order chi connectivity index (χ1) is 15.5. The van der Waals surface area contributed by atoms with Crippen molar-refractivity contribution in [3.63, 3.8) is 0 Å². The summed E-state index contributed by atoms with van der Waals surface area (Å²) in [6.45, 7) is 6.01. The molecule has 2 aromatic carbocycles. The van der Waals surface area contributed by atoms with E-state index in [9.17, 15) is 9.90 Å². The average Bonchev–Trinajstić information content (AvgIpc) is 3.05. The molecule has 0 saturated carbocycles. The zero-order chi connectivity index (χ0) is 22.2. The van der Waals surface area contributed by atoms with E-state index < -0.39 is 5.97 Å². The van der Waals surface area contributed by atoms with Gasteiger partial charge in [0.1, 0.15) is 0 Å². The van der Waals surface area contributed by atoms with Crippen LogP contribution in [0, 0.1) is 6.92 Å². The summed E-state index contributed by atoms with van der Waals surface area (Å²) in [4.78, 5) is 20.3. The molecule has 0 unspecified atom stereocenters. The van der Waals surface area contributed by atoms with Gasteiger partial charge in [-0.3, -0.25) is 9.88 Å². The molecule has 1 saturated heterocycles. The number of fused-ring (bicyclic) bond motifs is 1. The molecule has 3 aromatic rings. The molecule has 32 heavy (non-hydrogen) atoms. The molecule has 6 heteroatoms. The highest BCUT2D eigenvalue weighted by Gasteiger charge is 2.28. The van der Waals surface area contributed by atoms with E-state index in [-0.39, 0.29) is 11.6 Å². The lowest BCUT2D eigenvalue weighted by molar-refractivity contribution is 0.0697. The van der Waals surface area contributed by atoms with Crippen LogP contribution in [0.1, 0.15) is 39.5 Å². The minimum Gasteiger partial charge on any atom is -0.478 e. The molecular formula is C26H28N4O2. The standard InChI is InChI=1S/C26H28N4O2/c1-17-12-20(30-10-3-11-30)5-7-21(17)18-4-6-22-19(13-18)16-29(2)25(22)15-28-24-14-27-9-8-23(24)26(31)32/h4-9,12-14,25,28H,3,10-11,15-16H2,1-2H3,(H,31,32)/t25-/m1/s1. The zero-order valence-electron chi connectivity index (χ0n) is 18.5. The molecule has 3 heterocycles. The molecule has 2 N–H and O–H groups in total. The van der Waals surface area contributed by atoms with E-state index in [0.29, 0.717) is 12.2 Å². The summed E-state index contributed by atoms with van der Waals surface area (Å²) < 4.78 is 0. The Kier molecular flexibility index (Phi) is 5.31. The van der Waals surface area contributed by atoms with Crippen molar-refractivity contribution in [1.82, 2.24) is 9.88 Å². The number of rotatable bonds is 6. The fourth-order valence-corrected chi connectivity index (χ4v) is 4.79. The van der Waals surface area contributed by atoms with Gasteiger partial charge in [0, 0.05) is 38.1 Å². The average molecular weight is 429 g/mol. The Hall–Kier alpha value is -3.38. The van der Waals surface area contributed by atoms with Crippen LogP contribution in [0.4, 0.5) is 11.4 Å². The first kappa shape index (κ1) is 20.5. The molecule has 0 amide bonds. The SMILES string of the molecule is Cc1cc(N2CCC2)ccc1-c1ccc2c(c1)CN(C)[C@@H]2CNc1cnccc1C(=O)O. The second-order valence-electron chi connectivity index (χ2n) is 8.79. The maximum atomic E-state index is 11.5.